The Labute approximate surface area is 55.9 Å². The summed E-state index contributed by atoms with van der Waals surface area (Å²) in [6, 6.07) is 0. The molecule has 5 heteroatoms. The topological polar surface area (TPSA) is 63.6 Å². The van der Waals surface area contributed by atoms with Gasteiger partial charge in [0.05, 0.1) is 13.2 Å². The molecule has 0 saturated carbocycles. The fourth-order valence-electron chi connectivity index (χ4n) is 0.265. The third kappa shape index (κ3) is 2.81. The maximum absolute atomic E-state index is 12.1. The molecule has 1 N–H and O–H groups in total. The van der Waals surface area contributed by atoms with Crippen LogP contribution < -0.4 is 0 Å². The van der Waals surface area contributed by atoms with E-state index in [-0.39, 0.29) is 6.08 Å². The minimum absolute atomic E-state index is 0.131. The summed E-state index contributed by atoms with van der Waals surface area (Å²) in [4.78, 5) is 19.8. The number of carboxylic acid groups (broad SMARTS) is 1. The Morgan fingerprint density at radius 2 is 2.10 bits per heavy atom. The fourth-order valence-corrected chi connectivity index (χ4v) is 0.265. The zero-order chi connectivity index (χ0) is 8.15. The Bertz CT molecular complexity index is 184. The molecule has 10 heavy (non-hydrogen) atoms. The van der Waals surface area contributed by atoms with E-state index in [0.717, 1.165) is 7.11 Å². The summed E-state index contributed by atoms with van der Waals surface area (Å²) >= 11 is 0. The quantitative estimate of drug-likeness (QED) is 0.445. The molecule has 4 nitrogen and oxygen atoms in total. The van der Waals surface area contributed by atoms with Crippen molar-refractivity contribution in [2.24, 2.45) is 0 Å². The van der Waals surface area contributed by atoms with Crippen molar-refractivity contribution < 1.29 is 23.8 Å². The highest BCUT2D eigenvalue weighted by Crippen LogP contribution is 1.97. The van der Waals surface area contributed by atoms with Gasteiger partial charge in [-0.2, -0.15) is 4.39 Å². The molecule has 56 valence electrons. The maximum atomic E-state index is 12.1. The predicted octanol–water partition coefficient (Wildman–Crippen LogP) is 0.0974. The summed E-state index contributed by atoms with van der Waals surface area (Å²) in [7, 11) is 0.956. The Morgan fingerprint density at radius 1 is 1.60 bits per heavy atom. The lowest BCUT2D eigenvalue weighted by Crippen LogP contribution is -2.02. The van der Waals surface area contributed by atoms with E-state index < -0.39 is 17.8 Å². The summed E-state index contributed by atoms with van der Waals surface area (Å²) in [5, 5.41) is 7.90. The lowest BCUT2D eigenvalue weighted by atomic mass is 10.5. The number of carbonyl (C=O) groups is 2. The SMILES string of the molecule is COC(=O)/C(F)=C/C(=O)O. The molecule has 0 rings (SSSR count). The molecule has 0 aromatic rings. The van der Waals surface area contributed by atoms with Gasteiger partial charge < -0.3 is 9.84 Å². The number of ether oxygens (including phenoxy) is 1. The van der Waals surface area contributed by atoms with Crippen LogP contribution in [0.25, 0.3) is 0 Å². The number of carboxylic acids is 1. The van der Waals surface area contributed by atoms with E-state index >= 15 is 0 Å². The average Bonchev–Trinajstić information content (AvgIpc) is 1.85. The van der Waals surface area contributed by atoms with Crippen molar-refractivity contribution in [2.45, 2.75) is 0 Å². The van der Waals surface area contributed by atoms with Gasteiger partial charge in [0.1, 0.15) is 0 Å². The molecule has 0 bridgehead atoms. The van der Waals surface area contributed by atoms with Crippen LogP contribution in [0, 0.1) is 0 Å². The van der Waals surface area contributed by atoms with Gasteiger partial charge in [0.2, 0.25) is 5.83 Å². The van der Waals surface area contributed by atoms with Gasteiger partial charge in [-0.3, -0.25) is 0 Å². The standard InChI is InChI=1S/C5H5FO4/c1-10-5(9)3(6)2-4(7)8/h2H,1H3,(H,7,8)/b3-2-. The van der Waals surface area contributed by atoms with Crippen molar-refractivity contribution in [1.29, 1.82) is 0 Å². The lowest BCUT2D eigenvalue weighted by molar-refractivity contribution is -0.139. The molecule has 0 unspecified atom stereocenters. The first-order chi connectivity index (χ1) is 4.57. The number of carbonyl (C=O) groups excluding carboxylic acids is 1. The van der Waals surface area contributed by atoms with Crippen LogP contribution in [0.4, 0.5) is 4.39 Å². The van der Waals surface area contributed by atoms with Crippen LogP contribution in [-0.4, -0.2) is 24.2 Å². The molecule has 0 radical (unpaired) electrons. The highest BCUT2D eigenvalue weighted by atomic mass is 19.1. The van der Waals surface area contributed by atoms with Crippen LogP contribution in [0.5, 0.6) is 0 Å². The van der Waals surface area contributed by atoms with Gasteiger partial charge in [-0.05, 0) is 0 Å². The summed E-state index contributed by atoms with van der Waals surface area (Å²) in [5.74, 6) is -4.24. The van der Waals surface area contributed by atoms with Crippen molar-refractivity contribution in [2.75, 3.05) is 7.11 Å². The predicted molar refractivity (Wildman–Crippen MR) is 28.8 cm³/mol. The zero-order valence-electron chi connectivity index (χ0n) is 5.13. The van der Waals surface area contributed by atoms with E-state index in [2.05, 4.69) is 4.74 Å². The van der Waals surface area contributed by atoms with Gasteiger partial charge in [0.25, 0.3) is 0 Å². The average molecular weight is 148 g/mol. The van der Waals surface area contributed by atoms with Crippen LogP contribution in [0.1, 0.15) is 0 Å². The van der Waals surface area contributed by atoms with E-state index in [1.165, 1.54) is 0 Å². The van der Waals surface area contributed by atoms with Gasteiger partial charge in [0.15, 0.2) is 0 Å². The van der Waals surface area contributed by atoms with Crippen molar-refractivity contribution in [3.63, 3.8) is 0 Å². The second-order valence-electron chi connectivity index (χ2n) is 1.32. The summed E-state index contributed by atoms with van der Waals surface area (Å²) in [6.45, 7) is 0. The minimum atomic E-state index is -1.53. The fraction of sp³-hybridized carbons (Fsp3) is 0.200. The van der Waals surface area contributed by atoms with E-state index in [1.54, 1.807) is 0 Å². The van der Waals surface area contributed by atoms with Crippen LogP contribution in [0.15, 0.2) is 11.9 Å². The normalized spacial score (nSPS) is 10.8. The molecule has 0 aliphatic carbocycles. The Balaban J connectivity index is 4.19. The van der Waals surface area contributed by atoms with Crippen molar-refractivity contribution in [1.82, 2.24) is 0 Å². The third-order valence-electron chi connectivity index (χ3n) is 0.631. The molecule has 0 aromatic heterocycles. The van der Waals surface area contributed by atoms with Crippen LogP contribution in [0.3, 0.4) is 0 Å². The van der Waals surface area contributed by atoms with Crippen molar-refractivity contribution >= 4 is 11.9 Å². The van der Waals surface area contributed by atoms with E-state index in [1.807, 2.05) is 0 Å². The van der Waals surface area contributed by atoms with Crippen molar-refractivity contribution in [3.05, 3.63) is 11.9 Å². The number of hydrogen-bond acceptors (Lipinski definition) is 3. The van der Waals surface area contributed by atoms with Crippen molar-refractivity contribution in [3.8, 4) is 0 Å². The smallest absolute Gasteiger partial charge is 0.367 e. The number of esters is 1. The molecule has 0 fully saturated rings. The van der Waals surface area contributed by atoms with Gasteiger partial charge in [0, 0.05) is 0 Å². The first-order valence-electron chi connectivity index (χ1n) is 2.26. The third-order valence-corrected chi connectivity index (χ3v) is 0.631. The van der Waals surface area contributed by atoms with Crippen LogP contribution in [0.2, 0.25) is 0 Å². The molecular formula is C5H5FO4. The lowest BCUT2D eigenvalue weighted by Gasteiger charge is -1.90. The summed E-state index contributed by atoms with van der Waals surface area (Å²) in [6.07, 6.45) is 0.131. The summed E-state index contributed by atoms with van der Waals surface area (Å²) in [5.41, 5.74) is 0. The zero-order valence-corrected chi connectivity index (χ0v) is 5.13. The highest BCUT2D eigenvalue weighted by Gasteiger charge is 2.09. The maximum Gasteiger partial charge on any atom is 0.367 e. The Morgan fingerprint density at radius 3 is 2.40 bits per heavy atom. The van der Waals surface area contributed by atoms with Gasteiger partial charge in [-0.1, -0.05) is 0 Å². The number of halogens is 1. The second-order valence-corrected chi connectivity index (χ2v) is 1.32. The molecule has 0 amide bonds. The van der Waals surface area contributed by atoms with Crippen LogP contribution in [-0.2, 0) is 14.3 Å². The molecular weight excluding hydrogens is 143 g/mol. The molecule has 0 aliphatic heterocycles. The molecule has 0 aromatic carbocycles. The second kappa shape index (κ2) is 3.60. The Kier molecular flexibility index (Phi) is 3.10. The molecule has 0 saturated heterocycles. The largest absolute Gasteiger partial charge is 0.478 e. The number of aliphatic carboxylic acids is 1. The van der Waals surface area contributed by atoms with Crippen LogP contribution >= 0.6 is 0 Å². The molecule has 0 aliphatic rings. The first kappa shape index (κ1) is 8.61. The summed E-state index contributed by atoms with van der Waals surface area (Å²) < 4.78 is 15.9. The highest BCUT2D eigenvalue weighted by molar-refractivity contribution is 5.93. The van der Waals surface area contributed by atoms with Gasteiger partial charge in [-0.15, -0.1) is 0 Å². The van der Waals surface area contributed by atoms with Gasteiger partial charge in [-0.25, -0.2) is 9.59 Å². The molecule has 0 atom stereocenters. The molecule has 0 heterocycles. The Hall–Kier alpha value is -1.39. The number of rotatable bonds is 2. The number of methoxy groups -OCH3 is 1. The minimum Gasteiger partial charge on any atom is -0.478 e. The first-order valence-corrected chi connectivity index (χ1v) is 2.26. The van der Waals surface area contributed by atoms with E-state index in [0.29, 0.717) is 0 Å². The molecule has 0 spiro atoms. The monoisotopic (exact) mass is 148 g/mol. The van der Waals surface area contributed by atoms with E-state index in [9.17, 15) is 14.0 Å². The van der Waals surface area contributed by atoms with E-state index in [4.69, 9.17) is 5.11 Å². The van der Waals surface area contributed by atoms with Gasteiger partial charge >= 0.3 is 11.9 Å². The number of hydrogen-bond donors (Lipinski definition) is 1.